The van der Waals surface area contributed by atoms with Gasteiger partial charge in [-0.25, -0.2) is 13.4 Å². The fourth-order valence-electron chi connectivity index (χ4n) is 2.41. The van der Waals surface area contributed by atoms with E-state index in [1.807, 2.05) is 25.1 Å². The third kappa shape index (κ3) is 2.63. The fourth-order valence-corrected chi connectivity index (χ4v) is 5.22. The zero-order valence-electron chi connectivity index (χ0n) is 11.8. The van der Waals surface area contributed by atoms with Crippen LogP contribution < -0.4 is 5.32 Å². The van der Waals surface area contributed by atoms with Crippen molar-refractivity contribution in [3.05, 3.63) is 24.4 Å². The normalized spacial score (nSPS) is 17.2. The molecule has 0 unspecified atom stereocenters. The largest absolute Gasteiger partial charge is 0.368 e. The van der Waals surface area contributed by atoms with Crippen molar-refractivity contribution >= 4 is 33.3 Å². The molecule has 6 nitrogen and oxygen atoms in total. The van der Waals surface area contributed by atoms with Gasteiger partial charge in [0.15, 0.2) is 10.8 Å². The number of sulfonamides is 1. The predicted molar refractivity (Wildman–Crippen MR) is 85.4 cm³/mol. The summed E-state index contributed by atoms with van der Waals surface area (Å²) in [7, 11) is -3.54. The number of pyridine rings is 1. The Kier molecular flexibility index (Phi) is 4.10. The molecule has 2 aromatic rings. The first kappa shape index (κ1) is 14.7. The van der Waals surface area contributed by atoms with Gasteiger partial charge in [-0.15, -0.1) is 0 Å². The number of hydrogen-bond acceptors (Lipinski definition) is 5. The van der Waals surface area contributed by atoms with E-state index in [1.54, 1.807) is 26.7 Å². The van der Waals surface area contributed by atoms with Gasteiger partial charge < -0.3 is 5.32 Å². The molecule has 0 aromatic carbocycles. The van der Waals surface area contributed by atoms with E-state index in [4.69, 9.17) is 0 Å². The molecule has 21 heavy (non-hydrogen) atoms. The van der Waals surface area contributed by atoms with Gasteiger partial charge in [-0.3, -0.25) is 4.40 Å². The molecule has 1 saturated heterocycles. The van der Waals surface area contributed by atoms with Crippen LogP contribution in [0.2, 0.25) is 0 Å². The fraction of sp³-hybridized carbons (Fsp3) is 0.462. The van der Waals surface area contributed by atoms with Gasteiger partial charge in [0.25, 0.3) is 10.0 Å². The second kappa shape index (κ2) is 5.86. The summed E-state index contributed by atoms with van der Waals surface area (Å²) in [6.07, 6.45) is 1.74. The first-order valence-electron chi connectivity index (χ1n) is 6.93. The Morgan fingerprint density at radius 2 is 2.10 bits per heavy atom. The molecule has 1 N–H and O–H groups in total. The van der Waals surface area contributed by atoms with Gasteiger partial charge in [-0.2, -0.15) is 16.1 Å². The lowest BCUT2D eigenvalue weighted by molar-refractivity contribution is 0.441. The molecule has 8 heteroatoms. The first-order chi connectivity index (χ1) is 10.1. The smallest absolute Gasteiger partial charge is 0.262 e. The Bertz CT molecular complexity index is 736. The second-order valence-corrected chi connectivity index (χ2v) is 7.82. The number of fused-ring (bicyclic) bond motifs is 1. The quantitative estimate of drug-likeness (QED) is 0.922. The number of thioether (sulfide) groups is 1. The Morgan fingerprint density at radius 1 is 1.33 bits per heavy atom. The van der Waals surface area contributed by atoms with Gasteiger partial charge in [0.2, 0.25) is 0 Å². The molecule has 114 valence electrons. The molecule has 0 amide bonds. The summed E-state index contributed by atoms with van der Waals surface area (Å²) in [5.41, 5.74) is 0.637. The molecular weight excluding hydrogens is 308 g/mol. The highest BCUT2D eigenvalue weighted by molar-refractivity contribution is 7.99. The van der Waals surface area contributed by atoms with E-state index in [-0.39, 0.29) is 5.03 Å². The first-order valence-corrected chi connectivity index (χ1v) is 9.53. The molecular formula is C13H18N4O2S2. The van der Waals surface area contributed by atoms with E-state index in [1.165, 1.54) is 0 Å². The predicted octanol–water partition coefficient (Wildman–Crippen LogP) is 1.50. The van der Waals surface area contributed by atoms with Crippen LogP contribution in [-0.4, -0.2) is 53.2 Å². The van der Waals surface area contributed by atoms with E-state index >= 15 is 0 Å². The molecule has 1 aliphatic heterocycles. The van der Waals surface area contributed by atoms with Gasteiger partial charge in [0.1, 0.15) is 5.65 Å². The van der Waals surface area contributed by atoms with Crippen molar-refractivity contribution in [3.63, 3.8) is 0 Å². The Hall–Kier alpha value is -1.25. The summed E-state index contributed by atoms with van der Waals surface area (Å²) in [5, 5.41) is 3.31. The highest BCUT2D eigenvalue weighted by atomic mass is 32.2. The molecule has 0 radical (unpaired) electrons. The van der Waals surface area contributed by atoms with Crippen LogP contribution in [0.5, 0.6) is 0 Å². The number of imidazole rings is 1. The minimum atomic E-state index is -3.54. The van der Waals surface area contributed by atoms with E-state index in [0.29, 0.717) is 31.1 Å². The summed E-state index contributed by atoms with van der Waals surface area (Å²) < 4.78 is 29.2. The van der Waals surface area contributed by atoms with E-state index in [0.717, 1.165) is 11.5 Å². The van der Waals surface area contributed by atoms with Crippen molar-refractivity contribution in [1.29, 1.82) is 0 Å². The molecule has 0 atom stereocenters. The van der Waals surface area contributed by atoms with Crippen LogP contribution >= 0.6 is 11.8 Å². The molecule has 0 aliphatic carbocycles. The van der Waals surface area contributed by atoms with Crippen LogP contribution in [0, 0.1) is 0 Å². The minimum absolute atomic E-state index is 0.242. The monoisotopic (exact) mass is 326 g/mol. The van der Waals surface area contributed by atoms with E-state index in [2.05, 4.69) is 10.3 Å². The average Bonchev–Trinajstić information content (AvgIpc) is 2.87. The summed E-state index contributed by atoms with van der Waals surface area (Å²) in [4.78, 5) is 4.40. The maximum atomic E-state index is 13.0. The third-order valence-corrected chi connectivity index (χ3v) is 6.25. The zero-order valence-corrected chi connectivity index (χ0v) is 13.5. The van der Waals surface area contributed by atoms with Crippen molar-refractivity contribution in [2.75, 3.05) is 36.5 Å². The van der Waals surface area contributed by atoms with Gasteiger partial charge >= 0.3 is 0 Å². The maximum Gasteiger partial charge on any atom is 0.262 e. The molecule has 0 bridgehead atoms. The molecule has 2 aromatic heterocycles. The Labute approximate surface area is 128 Å². The zero-order chi connectivity index (χ0) is 14.9. The van der Waals surface area contributed by atoms with Crippen molar-refractivity contribution in [2.24, 2.45) is 0 Å². The van der Waals surface area contributed by atoms with Crippen LogP contribution in [0.25, 0.3) is 5.65 Å². The van der Waals surface area contributed by atoms with Crippen LogP contribution in [0.4, 0.5) is 5.82 Å². The van der Waals surface area contributed by atoms with Gasteiger partial charge in [-0.1, -0.05) is 6.07 Å². The van der Waals surface area contributed by atoms with Gasteiger partial charge in [0.05, 0.1) is 0 Å². The van der Waals surface area contributed by atoms with Crippen molar-refractivity contribution in [2.45, 2.75) is 11.9 Å². The molecule has 1 aliphatic rings. The van der Waals surface area contributed by atoms with E-state index < -0.39 is 10.0 Å². The highest BCUT2D eigenvalue weighted by Crippen LogP contribution is 2.27. The molecule has 0 spiro atoms. The third-order valence-electron chi connectivity index (χ3n) is 3.38. The molecule has 3 rings (SSSR count). The Balaban J connectivity index is 2.15. The summed E-state index contributed by atoms with van der Waals surface area (Å²) in [6.45, 7) is 3.66. The van der Waals surface area contributed by atoms with Crippen molar-refractivity contribution in [3.8, 4) is 0 Å². The highest BCUT2D eigenvalue weighted by Gasteiger charge is 2.32. The molecule has 0 saturated carbocycles. The molecule has 3 heterocycles. The lowest BCUT2D eigenvalue weighted by atomic mass is 10.5. The molecule has 1 fully saturated rings. The maximum absolute atomic E-state index is 13.0. The standard InChI is InChI=1S/C13H18N4O2S2/c1-2-14-12-13(17-6-4-3-5-11(17)15-12)21(18,19)16-7-9-20-10-8-16/h3-6,14H,2,7-10H2,1H3. The minimum Gasteiger partial charge on any atom is -0.368 e. The summed E-state index contributed by atoms with van der Waals surface area (Å²) in [5.74, 6) is 2.11. The van der Waals surface area contributed by atoms with Crippen molar-refractivity contribution in [1.82, 2.24) is 13.7 Å². The van der Waals surface area contributed by atoms with Crippen LogP contribution in [0.15, 0.2) is 29.4 Å². The number of hydrogen-bond donors (Lipinski definition) is 1. The lowest BCUT2D eigenvalue weighted by Crippen LogP contribution is -2.38. The van der Waals surface area contributed by atoms with Crippen LogP contribution in [0.1, 0.15) is 6.92 Å². The second-order valence-electron chi connectivity index (χ2n) is 4.74. The SMILES string of the molecule is CCNc1nc2ccccn2c1S(=O)(=O)N1CCSCC1. The van der Waals surface area contributed by atoms with Gasteiger partial charge in [0, 0.05) is 37.3 Å². The number of rotatable bonds is 4. The van der Waals surface area contributed by atoms with Crippen LogP contribution in [-0.2, 0) is 10.0 Å². The number of anilines is 1. The number of nitrogens with zero attached hydrogens (tertiary/aromatic N) is 3. The number of nitrogens with one attached hydrogen (secondary N) is 1. The lowest BCUT2D eigenvalue weighted by Gasteiger charge is -2.25. The summed E-state index contributed by atoms with van der Waals surface area (Å²) in [6, 6.07) is 5.48. The topological polar surface area (TPSA) is 66.7 Å². The van der Waals surface area contributed by atoms with Crippen LogP contribution in [0.3, 0.4) is 0 Å². The van der Waals surface area contributed by atoms with Crippen molar-refractivity contribution < 1.29 is 8.42 Å². The Morgan fingerprint density at radius 3 is 2.81 bits per heavy atom. The average molecular weight is 326 g/mol. The number of aromatic nitrogens is 2. The van der Waals surface area contributed by atoms with E-state index in [9.17, 15) is 8.42 Å². The van der Waals surface area contributed by atoms with Gasteiger partial charge in [-0.05, 0) is 19.1 Å². The summed E-state index contributed by atoms with van der Waals surface area (Å²) >= 11 is 1.79.